The summed E-state index contributed by atoms with van der Waals surface area (Å²) in [7, 11) is 0. The van der Waals surface area contributed by atoms with Gasteiger partial charge in [-0.25, -0.2) is 9.97 Å². The van der Waals surface area contributed by atoms with Gasteiger partial charge in [0.05, 0.1) is 12.2 Å². The molecule has 0 saturated carbocycles. The van der Waals surface area contributed by atoms with E-state index in [-0.39, 0.29) is 6.04 Å². The van der Waals surface area contributed by atoms with Gasteiger partial charge in [0.2, 0.25) is 0 Å². The number of imidazole rings is 1. The fourth-order valence-corrected chi connectivity index (χ4v) is 3.33. The fraction of sp³-hybridized carbons (Fsp3) is 0.500. The van der Waals surface area contributed by atoms with Gasteiger partial charge in [0.15, 0.2) is 5.13 Å². The van der Waals surface area contributed by atoms with Gasteiger partial charge >= 0.3 is 0 Å². The summed E-state index contributed by atoms with van der Waals surface area (Å²) in [5, 5.41) is 1.06. The number of rotatable bonds is 2. The molecule has 1 aliphatic heterocycles. The molecule has 0 radical (unpaired) electrons. The Balaban J connectivity index is 1.86. The van der Waals surface area contributed by atoms with Gasteiger partial charge in [0.25, 0.3) is 0 Å². The lowest BCUT2D eigenvalue weighted by molar-refractivity contribution is 0.559. The monoisotopic (exact) mass is 263 g/mol. The number of anilines is 1. The average Bonchev–Trinajstić information content (AvgIpc) is 2.93. The molecule has 6 heteroatoms. The van der Waals surface area contributed by atoms with Gasteiger partial charge in [-0.05, 0) is 13.8 Å². The first-order valence-electron chi connectivity index (χ1n) is 6.13. The Labute approximate surface area is 110 Å². The molecule has 0 aromatic carbocycles. The smallest absolute Gasteiger partial charge is 0.186 e. The molecule has 0 amide bonds. The molecule has 0 aliphatic carbocycles. The summed E-state index contributed by atoms with van der Waals surface area (Å²) in [6.07, 6.45) is 3.90. The van der Waals surface area contributed by atoms with Crippen LogP contribution in [0.3, 0.4) is 0 Å². The average molecular weight is 263 g/mol. The molecule has 2 aromatic heterocycles. The zero-order valence-electron chi connectivity index (χ0n) is 10.6. The SMILES string of the molecule is Cc1nc(N2CCn3ccnc3C2)sc1C(C)N. The number of aromatic nitrogens is 3. The molecule has 1 aliphatic rings. The van der Waals surface area contributed by atoms with Gasteiger partial charge in [-0.15, -0.1) is 11.3 Å². The van der Waals surface area contributed by atoms with E-state index in [1.54, 1.807) is 11.3 Å². The number of aryl methyl sites for hydroxylation is 1. The molecule has 0 bridgehead atoms. The van der Waals surface area contributed by atoms with Crippen LogP contribution in [0.5, 0.6) is 0 Å². The quantitative estimate of drug-likeness (QED) is 0.895. The Morgan fingerprint density at radius 2 is 2.28 bits per heavy atom. The van der Waals surface area contributed by atoms with Crippen molar-refractivity contribution in [2.24, 2.45) is 5.73 Å². The van der Waals surface area contributed by atoms with Crippen molar-refractivity contribution in [2.45, 2.75) is 33.0 Å². The predicted octanol–water partition coefficient (Wildman–Crippen LogP) is 1.69. The number of nitrogens with two attached hydrogens (primary N) is 1. The lowest BCUT2D eigenvalue weighted by Gasteiger charge is -2.27. The van der Waals surface area contributed by atoms with Crippen LogP contribution in [-0.4, -0.2) is 21.1 Å². The Kier molecular flexibility index (Phi) is 2.83. The minimum atomic E-state index is 0.0584. The zero-order chi connectivity index (χ0) is 12.7. The van der Waals surface area contributed by atoms with Crippen molar-refractivity contribution in [2.75, 3.05) is 11.4 Å². The summed E-state index contributed by atoms with van der Waals surface area (Å²) in [5.41, 5.74) is 7.01. The van der Waals surface area contributed by atoms with Crippen molar-refractivity contribution in [3.05, 3.63) is 28.8 Å². The van der Waals surface area contributed by atoms with Crippen molar-refractivity contribution in [1.29, 1.82) is 0 Å². The molecule has 2 N–H and O–H groups in total. The van der Waals surface area contributed by atoms with E-state index in [0.717, 1.165) is 36.3 Å². The molecule has 0 fully saturated rings. The van der Waals surface area contributed by atoms with Crippen LogP contribution in [0, 0.1) is 6.92 Å². The Bertz CT molecular complexity index is 557. The summed E-state index contributed by atoms with van der Waals surface area (Å²) in [6, 6.07) is 0.0584. The molecular weight excluding hydrogens is 246 g/mol. The van der Waals surface area contributed by atoms with Gasteiger partial charge in [-0.3, -0.25) is 0 Å². The van der Waals surface area contributed by atoms with E-state index in [1.807, 2.05) is 26.2 Å². The van der Waals surface area contributed by atoms with E-state index in [1.165, 1.54) is 4.88 Å². The zero-order valence-corrected chi connectivity index (χ0v) is 11.4. The van der Waals surface area contributed by atoms with Crippen LogP contribution in [-0.2, 0) is 13.1 Å². The van der Waals surface area contributed by atoms with Crippen molar-refractivity contribution < 1.29 is 0 Å². The van der Waals surface area contributed by atoms with Crippen LogP contribution in [0.4, 0.5) is 5.13 Å². The molecule has 1 unspecified atom stereocenters. The highest BCUT2D eigenvalue weighted by Crippen LogP contribution is 2.31. The van der Waals surface area contributed by atoms with Crippen LogP contribution in [0.15, 0.2) is 12.4 Å². The van der Waals surface area contributed by atoms with Crippen LogP contribution < -0.4 is 10.6 Å². The Morgan fingerprint density at radius 3 is 3.00 bits per heavy atom. The summed E-state index contributed by atoms with van der Waals surface area (Å²) in [5.74, 6) is 1.11. The second kappa shape index (κ2) is 4.37. The van der Waals surface area contributed by atoms with Gasteiger partial charge in [0.1, 0.15) is 5.82 Å². The largest absolute Gasteiger partial charge is 0.339 e. The van der Waals surface area contributed by atoms with E-state index in [0.29, 0.717) is 0 Å². The molecule has 3 rings (SSSR count). The first-order chi connectivity index (χ1) is 8.65. The highest BCUT2D eigenvalue weighted by Gasteiger charge is 2.21. The highest BCUT2D eigenvalue weighted by atomic mass is 32.1. The van der Waals surface area contributed by atoms with Gasteiger partial charge in [-0.2, -0.15) is 0 Å². The normalized spacial score (nSPS) is 16.7. The summed E-state index contributed by atoms with van der Waals surface area (Å²) in [4.78, 5) is 12.5. The van der Waals surface area contributed by atoms with Crippen LogP contribution >= 0.6 is 11.3 Å². The third kappa shape index (κ3) is 1.91. The first-order valence-corrected chi connectivity index (χ1v) is 6.94. The molecule has 2 aromatic rings. The second-order valence-electron chi connectivity index (χ2n) is 4.69. The van der Waals surface area contributed by atoms with E-state index >= 15 is 0 Å². The van der Waals surface area contributed by atoms with Gasteiger partial charge < -0.3 is 15.2 Å². The second-order valence-corrected chi connectivity index (χ2v) is 5.70. The van der Waals surface area contributed by atoms with Crippen molar-refractivity contribution in [1.82, 2.24) is 14.5 Å². The lowest BCUT2D eigenvalue weighted by atomic mass is 10.2. The Morgan fingerprint density at radius 1 is 1.44 bits per heavy atom. The third-order valence-corrected chi connectivity index (χ3v) is 4.67. The number of hydrogen-bond acceptors (Lipinski definition) is 5. The van der Waals surface area contributed by atoms with Gasteiger partial charge in [0, 0.05) is 36.4 Å². The molecule has 0 saturated heterocycles. The molecule has 1 atom stereocenters. The number of thiazole rings is 1. The van der Waals surface area contributed by atoms with Gasteiger partial charge in [-0.1, -0.05) is 0 Å². The Hall–Kier alpha value is -1.40. The standard InChI is InChI=1S/C12H17N5S/c1-8(13)11-9(2)15-12(18-11)17-6-5-16-4-3-14-10(16)7-17/h3-4,8H,5-7,13H2,1-2H3. The van der Waals surface area contributed by atoms with E-state index in [2.05, 4.69) is 19.4 Å². The maximum Gasteiger partial charge on any atom is 0.186 e. The van der Waals surface area contributed by atoms with E-state index in [9.17, 15) is 0 Å². The summed E-state index contributed by atoms with van der Waals surface area (Å²) >= 11 is 1.70. The molecule has 96 valence electrons. The molecule has 5 nitrogen and oxygen atoms in total. The number of nitrogens with zero attached hydrogens (tertiary/aromatic N) is 4. The van der Waals surface area contributed by atoms with Crippen molar-refractivity contribution in [3.8, 4) is 0 Å². The van der Waals surface area contributed by atoms with Crippen LogP contribution in [0.1, 0.15) is 29.4 Å². The molecule has 0 spiro atoms. The summed E-state index contributed by atoms with van der Waals surface area (Å²) < 4.78 is 2.20. The number of fused-ring (bicyclic) bond motifs is 1. The third-order valence-electron chi connectivity index (χ3n) is 3.25. The predicted molar refractivity (Wildman–Crippen MR) is 72.7 cm³/mol. The van der Waals surface area contributed by atoms with Crippen molar-refractivity contribution >= 4 is 16.5 Å². The van der Waals surface area contributed by atoms with E-state index < -0.39 is 0 Å². The van der Waals surface area contributed by atoms with Crippen LogP contribution in [0.2, 0.25) is 0 Å². The minimum absolute atomic E-state index is 0.0584. The fourth-order valence-electron chi connectivity index (χ4n) is 2.29. The first kappa shape index (κ1) is 11.7. The summed E-state index contributed by atoms with van der Waals surface area (Å²) in [6.45, 7) is 6.82. The van der Waals surface area contributed by atoms with Crippen molar-refractivity contribution in [3.63, 3.8) is 0 Å². The maximum atomic E-state index is 5.95. The maximum absolute atomic E-state index is 5.95. The minimum Gasteiger partial charge on any atom is -0.339 e. The molecule has 3 heterocycles. The molecular formula is C12H17N5S. The number of hydrogen-bond donors (Lipinski definition) is 1. The lowest BCUT2D eigenvalue weighted by Crippen LogP contribution is -2.33. The van der Waals surface area contributed by atoms with E-state index in [4.69, 9.17) is 5.73 Å². The van der Waals surface area contributed by atoms with Crippen LogP contribution in [0.25, 0.3) is 0 Å². The highest BCUT2D eigenvalue weighted by molar-refractivity contribution is 7.15. The topological polar surface area (TPSA) is 60.0 Å². The molecule has 18 heavy (non-hydrogen) atoms.